The quantitative estimate of drug-likeness (QED) is 0.811. The predicted octanol–water partition coefficient (Wildman–Crippen LogP) is 2.25. The van der Waals surface area contributed by atoms with Gasteiger partial charge in [-0.2, -0.15) is 0 Å². The molecule has 0 fully saturated rings. The Kier molecular flexibility index (Phi) is 2.68. The van der Waals surface area contributed by atoms with Gasteiger partial charge >= 0.3 is 0 Å². The first-order valence-electron chi connectivity index (χ1n) is 4.76. The zero-order valence-corrected chi connectivity index (χ0v) is 8.74. The summed E-state index contributed by atoms with van der Waals surface area (Å²) in [5.41, 5.74) is 7.02. The molecule has 0 amide bonds. The Hall–Kier alpha value is -2.17. The van der Waals surface area contributed by atoms with E-state index >= 15 is 0 Å². The summed E-state index contributed by atoms with van der Waals surface area (Å²) in [5, 5.41) is 3.03. The van der Waals surface area contributed by atoms with E-state index in [2.05, 4.69) is 15.3 Å². The second kappa shape index (κ2) is 4.14. The third kappa shape index (κ3) is 2.25. The lowest BCUT2D eigenvalue weighted by atomic mass is 10.2. The van der Waals surface area contributed by atoms with Crippen LogP contribution in [-0.4, -0.2) is 9.97 Å². The highest BCUT2D eigenvalue weighted by atomic mass is 19.1. The number of aryl methyl sites for hydroxylation is 1. The van der Waals surface area contributed by atoms with Crippen LogP contribution in [0.1, 0.15) is 5.56 Å². The van der Waals surface area contributed by atoms with Crippen LogP contribution in [-0.2, 0) is 0 Å². The molecule has 0 saturated carbocycles. The van der Waals surface area contributed by atoms with Crippen molar-refractivity contribution in [1.82, 2.24) is 9.97 Å². The van der Waals surface area contributed by atoms with Crippen molar-refractivity contribution in [3.8, 4) is 0 Å². The molecule has 1 aromatic carbocycles. The Balaban J connectivity index is 2.23. The molecule has 0 saturated heterocycles. The molecule has 0 bridgehead atoms. The summed E-state index contributed by atoms with van der Waals surface area (Å²) >= 11 is 0. The summed E-state index contributed by atoms with van der Waals surface area (Å²) in [6.07, 6.45) is 2.99. The Morgan fingerprint density at radius 3 is 2.69 bits per heavy atom. The molecule has 0 aliphatic rings. The van der Waals surface area contributed by atoms with E-state index in [4.69, 9.17) is 5.73 Å². The third-order valence-corrected chi connectivity index (χ3v) is 2.12. The molecule has 0 atom stereocenters. The molecule has 0 unspecified atom stereocenters. The molecule has 4 nitrogen and oxygen atoms in total. The summed E-state index contributed by atoms with van der Waals surface area (Å²) in [6.45, 7) is 1.82. The average Bonchev–Trinajstić information content (AvgIpc) is 2.25. The van der Waals surface area contributed by atoms with Crippen LogP contribution in [0.25, 0.3) is 0 Å². The van der Waals surface area contributed by atoms with Gasteiger partial charge in [0.15, 0.2) is 0 Å². The number of rotatable bonds is 2. The number of halogens is 1. The highest BCUT2D eigenvalue weighted by Crippen LogP contribution is 2.19. The number of hydrogen-bond acceptors (Lipinski definition) is 4. The molecule has 0 aliphatic carbocycles. The van der Waals surface area contributed by atoms with Gasteiger partial charge in [-0.15, -0.1) is 0 Å². The summed E-state index contributed by atoms with van der Waals surface area (Å²) in [6, 6.07) is 4.50. The van der Waals surface area contributed by atoms with Crippen LogP contribution in [0.15, 0.2) is 30.6 Å². The van der Waals surface area contributed by atoms with Crippen LogP contribution in [0.3, 0.4) is 0 Å². The standard InChI is InChI=1S/C11H11FN4/c1-7-4-8(12)2-3-9(7)16-11-6-14-10(13)5-15-11/h2-6H,1H3,(H2,13,14)(H,15,16). The number of nitrogens with zero attached hydrogens (tertiary/aromatic N) is 2. The van der Waals surface area contributed by atoms with Crippen LogP contribution in [0.2, 0.25) is 0 Å². The van der Waals surface area contributed by atoms with Crippen LogP contribution in [0.5, 0.6) is 0 Å². The zero-order chi connectivity index (χ0) is 11.5. The lowest BCUT2D eigenvalue weighted by Gasteiger charge is -2.08. The maximum absolute atomic E-state index is 12.9. The minimum Gasteiger partial charge on any atom is -0.382 e. The van der Waals surface area contributed by atoms with Gasteiger partial charge in [0.1, 0.15) is 17.5 Å². The first-order chi connectivity index (χ1) is 7.65. The molecule has 2 rings (SSSR count). The van der Waals surface area contributed by atoms with Crippen LogP contribution in [0.4, 0.5) is 21.7 Å². The van der Waals surface area contributed by atoms with E-state index in [-0.39, 0.29) is 5.82 Å². The maximum Gasteiger partial charge on any atom is 0.149 e. The third-order valence-electron chi connectivity index (χ3n) is 2.12. The smallest absolute Gasteiger partial charge is 0.149 e. The highest BCUT2D eigenvalue weighted by molar-refractivity contribution is 5.59. The largest absolute Gasteiger partial charge is 0.382 e. The summed E-state index contributed by atoms with van der Waals surface area (Å²) in [5.74, 6) is 0.678. The van der Waals surface area contributed by atoms with E-state index in [0.29, 0.717) is 11.6 Å². The van der Waals surface area contributed by atoms with Crippen molar-refractivity contribution in [3.05, 3.63) is 42.0 Å². The predicted molar refractivity (Wildman–Crippen MR) is 60.9 cm³/mol. The van der Waals surface area contributed by atoms with Gasteiger partial charge in [0, 0.05) is 5.69 Å². The molecular weight excluding hydrogens is 207 g/mol. The van der Waals surface area contributed by atoms with Crippen molar-refractivity contribution in [2.24, 2.45) is 0 Å². The van der Waals surface area contributed by atoms with E-state index in [9.17, 15) is 4.39 Å². The van der Waals surface area contributed by atoms with E-state index in [1.807, 2.05) is 6.92 Å². The number of hydrogen-bond donors (Lipinski definition) is 2. The number of benzene rings is 1. The Labute approximate surface area is 92.3 Å². The van der Waals surface area contributed by atoms with Crippen molar-refractivity contribution in [2.45, 2.75) is 6.92 Å². The molecule has 5 heteroatoms. The SMILES string of the molecule is Cc1cc(F)ccc1Nc1cnc(N)cn1. The minimum absolute atomic E-state index is 0.258. The van der Waals surface area contributed by atoms with Crippen molar-refractivity contribution in [1.29, 1.82) is 0 Å². The molecule has 0 aliphatic heterocycles. The van der Waals surface area contributed by atoms with Crippen LogP contribution in [0, 0.1) is 12.7 Å². The second-order valence-electron chi connectivity index (χ2n) is 3.41. The average molecular weight is 218 g/mol. The van der Waals surface area contributed by atoms with Gasteiger partial charge < -0.3 is 11.1 Å². The molecule has 2 aromatic rings. The van der Waals surface area contributed by atoms with E-state index in [1.165, 1.54) is 24.5 Å². The second-order valence-corrected chi connectivity index (χ2v) is 3.41. The number of anilines is 3. The van der Waals surface area contributed by atoms with E-state index in [1.54, 1.807) is 6.07 Å². The van der Waals surface area contributed by atoms with Gasteiger partial charge in [-0.25, -0.2) is 14.4 Å². The van der Waals surface area contributed by atoms with Crippen molar-refractivity contribution >= 4 is 17.3 Å². The van der Waals surface area contributed by atoms with Crippen molar-refractivity contribution in [3.63, 3.8) is 0 Å². The van der Waals surface area contributed by atoms with Crippen LogP contribution >= 0.6 is 0 Å². The van der Waals surface area contributed by atoms with Gasteiger partial charge in [-0.1, -0.05) is 0 Å². The molecule has 1 heterocycles. The number of nitrogen functional groups attached to an aromatic ring is 1. The van der Waals surface area contributed by atoms with Gasteiger partial charge in [0.05, 0.1) is 12.4 Å². The fourth-order valence-corrected chi connectivity index (χ4v) is 1.31. The molecule has 3 N–H and O–H groups in total. The van der Waals surface area contributed by atoms with Crippen molar-refractivity contribution < 1.29 is 4.39 Å². The first kappa shape index (κ1) is 10.4. The maximum atomic E-state index is 12.9. The normalized spacial score (nSPS) is 10.1. The van der Waals surface area contributed by atoms with Gasteiger partial charge in [-0.3, -0.25) is 0 Å². The summed E-state index contributed by atoms with van der Waals surface area (Å²) in [4.78, 5) is 7.95. The summed E-state index contributed by atoms with van der Waals surface area (Å²) < 4.78 is 12.9. The number of nitrogens with one attached hydrogen (secondary N) is 1. The summed E-state index contributed by atoms with van der Waals surface area (Å²) in [7, 11) is 0. The molecule has 0 spiro atoms. The highest BCUT2D eigenvalue weighted by Gasteiger charge is 2.01. The van der Waals surface area contributed by atoms with Crippen molar-refractivity contribution in [2.75, 3.05) is 11.1 Å². The fourth-order valence-electron chi connectivity index (χ4n) is 1.31. The molecule has 16 heavy (non-hydrogen) atoms. The Morgan fingerprint density at radius 1 is 1.25 bits per heavy atom. The topological polar surface area (TPSA) is 63.8 Å². The molecule has 1 aromatic heterocycles. The lowest BCUT2D eigenvalue weighted by molar-refractivity contribution is 0.627. The first-order valence-corrected chi connectivity index (χ1v) is 4.76. The molecule has 82 valence electrons. The molecular formula is C11H11FN4. The minimum atomic E-state index is -0.258. The Bertz CT molecular complexity index is 496. The van der Waals surface area contributed by atoms with E-state index < -0.39 is 0 Å². The fraction of sp³-hybridized carbons (Fsp3) is 0.0909. The van der Waals surface area contributed by atoms with Gasteiger partial charge in [-0.05, 0) is 30.7 Å². The van der Waals surface area contributed by atoms with Gasteiger partial charge in [0.25, 0.3) is 0 Å². The van der Waals surface area contributed by atoms with Crippen LogP contribution < -0.4 is 11.1 Å². The Morgan fingerprint density at radius 2 is 2.06 bits per heavy atom. The monoisotopic (exact) mass is 218 g/mol. The van der Waals surface area contributed by atoms with Gasteiger partial charge in [0.2, 0.25) is 0 Å². The number of nitrogens with two attached hydrogens (primary N) is 1. The zero-order valence-electron chi connectivity index (χ0n) is 8.74. The number of aromatic nitrogens is 2. The molecule has 0 radical (unpaired) electrons. The lowest BCUT2D eigenvalue weighted by Crippen LogP contribution is -1.98. The van der Waals surface area contributed by atoms with E-state index in [0.717, 1.165) is 11.3 Å².